The summed E-state index contributed by atoms with van der Waals surface area (Å²) in [5, 5.41) is 4.81. The van der Waals surface area contributed by atoms with Crippen LogP contribution in [0.4, 0.5) is 5.82 Å². The maximum absolute atomic E-state index is 6.07. The molecule has 2 aliphatic rings. The van der Waals surface area contributed by atoms with Crippen LogP contribution in [0.1, 0.15) is 12.8 Å². The average Bonchev–Trinajstić information content (AvgIpc) is 2.82. The highest BCUT2D eigenvalue weighted by molar-refractivity contribution is 14.1. The molecule has 6 nitrogen and oxygen atoms in total. The van der Waals surface area contributed by atoms with Gasteiger partial charge < -0.3 is 19.7 Å². The molecule has 0 bridgehead atoms. The number of fused-ring (bicyclic) bond motifs is 2. The molecule has 2 aromatic carbocycles. The van der Waals surface area contributed by atoms with E-state index in [1.807, 2.05) is 36.4 Å². The number of piperidine rings is 1. The molecule has 5 rings (SSSR count). The van der Waals surface area contributed by atoms with Gasteiger partial charge in [-0.15, -0.1) is 0 Å². The van der Waals surface area contributed by atoms with Gasteiger partial charge >= 0.3 is 0 Å². The Morgan fingerprint density at radius 1 is 1.03 bits per heavy atom. The summed E-state index contributed by atoms with van der Waals surface area (Å²) < 4.78 is 12.3. The molecule has 2 atom stereocenters. The summed E-state index contributed by atoms with van der Waals surface area (Å²) in [6.45, 7) is 3.41. The second-order valence-corrected chi connectivity index (χ2v) is 9.19. The van der Waals surface area contributed by atoms with E-state index in [4.69, 9.17) is 9.47 Å². The van der Waals surface area contributed by atoms with Gasteiger partial charge in [-0.2, -0.15) is 0 Å². The molecule has 0 amide bonds. The molecule has 0 radical (unpaired) electrons. The van der Waals surface area contributed by atoms with Gasteiger partial charge in [0, 0.05) is 25.0 Å². The Morgan fingerprint density at radius 2 is 1.80 bits per heavy atom. The highest BCUT2D eigenvalue weighted by Gasteiger charge is 2.28. The van der Waals surface area contributed by atoms with Crippen molar-refractivity contribution in [1.82, 2.24) is 15.3 Å². The smallest absolute Gasteiger partial charge is 0.161 e. The van der Waals surface area contributed by atoms with Gasteiger partial charge in [-0.3, -0.25) is 0 Å². The fraction of sp³-hybridized carbons (Fsp3) is 0.391. The van der Waals surface area contributed by atoms with E-state index in [1.54, 1.807) is 6.33 Å². The number of para-hydroxylation sites is 3. The minimum absolute atomic E-state index is 0.0460. The molecule has 30 heavy (non-hydrogen) atoms. The van der Waals surface area contributed by atoms with Crippen molar-refractivity contribution in [2.24, 2.45) is 5.92 Å². The van der Waals surface area contributed by atoms with Crippen molar-refractivity contribution in [1.29, 1.82) is 0 Å². The second kappa shape index (κ2) is 8.93. The number of hydrogen-bond donors (Lipinski definition) is 1. The van der Waals surface area contributed by atoms with Crippen molar-refractivity contribution in [2.45, 2.75) is 23.0 Å². The third-order valence-electron chi connectivity index (χ3n) is 5.88. The van der Waals surface area contributed by atoms with Crippen LogP contribution in [-0.4, -0.2) is 46.4 Å². The van der Waals surface area contributed by atoms with Gasteiger partial charge in [0.1, 0.15) is 24.9 Å². The van der Waals surface area contributed by atoms with Gasteiger partial charge in [0.25, 0.3) is 0 Å². The van der Waals surface area contributed by atoms with Gasteiger partial charge in [0.05, 0.1) is 9.57 Å². The monoisotopic (exact) mass is 516 g/mol. The lowest BCUT2D eigenvalue weighted by molar-refractivity contribution is 0.0889. The fourth-order valence-electron chi connectivity index (χ4n) is 4.22. The maximum atomic E-state index is 6.07. The molecule has 1 fully saturated rings. The van der Waals surface area contributed by atoms with Crippen LogP contribution in [0.15, 0.2) is 54.9 Å². The zero-order chi connectivity index (χ0) is 20.3. The topological polar surface area (TPSA) is 59.5 Å². The van der Waals surface area contributed by atoms with Crippen molar-refractivity contribution < 1.29 is 9.47 Å². The Morgan fingerprint density at radius 3 is 2.67 bits per heavy atom. The standard InChI is InChI=1S/C23H25IN4O2/c24-22(25-13-17-14-29-20-7-3-4-8-21(20)30-17)16-9-11-28(12-10-16)23-18-5-1-2-6-19(18)26-15-27-23/h1-8,15-17,22,25H,9-14H2. The first-order valence-corrected chi connectivity index (χ1v) is 11.7. The molecule has 3 aromatic rings. The number of benzene rings is 2. The molecule has 3 heterocycles. The Hall–Kier alpha value is -2.13. The number of ether oxygens (including phenoxy) is 2. The summed E-state index contributed by atoms with van der Waals surface area (Å²) in [4.78, 5) is 11.4. The molecule has 0 spiro atoms. The molecule has 0 saturated carbocycles. The highest BCUT2D eigenvalue weighted by atomic mass is 127. The van der Waals surface area contributed by atoms with Crippen molar-refractivity contribution in [2.75, 3.05) is 31.1 Å². The van der Waals surface area contributed by atoms with Crippen LogP contribution in [0.3, 0.4) is 0 Å². The first-order chi connectivity index (χ1) is 14.8. The fourth-order valence-corrected chi connectivity index (χ4v) is 5.19. The SMILES string of the molecule is IC(NCC1COc2ccccc2O1)C1CCN(c2ncnc3ccccc23)CC1. The van der Waals surface area contributed by atoms with E-state index in [0.717, 1.165) is 60.7 Å². The molecule has 1 N–H and O–H groups in total. The summed E-state index contributed by atoms with van der Waals surface area (Å²) in [6, 6.07) is 16.1. The summed E-state index contributed by atoms with van der Waals surface area (Å²) in [5.41, 5.74) is 1.01. The van der Waals surface area contributed by atoms with Crippen molar-refractivity contribution in [3.63, 3.8) is 0 Å². The lowest BCUT2D eigenvalue weighted by atomic mass is 9.96. The number of rotatable bonds is 5. The van der Waals surface area contributed by atoms with Crippen molar-refractivity contribution >= 4 is 39.3 Å². The quantitative estimate of drug-likeness (QED) is 0.314. The number of alkyl halides is 1. The van der Waals surface area contributed by atoms with Crippen LogP contribution in [-0.2, 0) is 0 Å². The number of aromatic nitrogens is 2. The van der Waals surface area contributed by atoms with E-state index in [9.17, 15) is 0 Å². The van der Waals surface area contributed by atoms with Gasteiger partial charge in [0.2, 0.25) is 0 Å². The molecular weight excluding hydrogens is 491 g/mol. The zero-order valence-electron chi connectivity index (χ0n) is 16.7. The Balaban J connectivity index is 1.14. The molecule has 2 unspecified atom stereocenters. The van der Waals surface area contributed by atoms with Crippen molar-refractivity contribution in [3.05, 3.63) is 54.9 Å². The van der Waals surface area contributed by atoms with Gasteiger partial charge in [-0.05, 0) is 43.0 Å². The molecule has 0 aliphatic carbocycles. The van der Waals surface area contributed by atoms with Crippen LogP contribution >= 0.6 is 22.6 Å². The summed E-state index contributed by atoms with van der Waals surface area (Å²) in [7, 11) is 0. The minimum atomic E-state index is 0.0460. The molecule has 7 heteroatoms. The third-order valence-corrected chi connectivity index (χ3v) is 7.34. The van der Waals surface area contributed by atoms with Crippen LogP contribution < -0.4 is 19.7 Å². The number of anilines is 1. The van der Waals surface area contributed by atoms with Crippen LogP contribution in [0.25, 0.3) is 10.9 Å². The lowest BCUT2D eigenvalue weighted by Crippen LogP contribution is -2.45. The molecular formula is C23H25IN4O2. The normalized spacial score (nSPS) is 20.3. The Labute approximate surface area is 190 Å². The summed E-state index contributed by atoms with van der Waals surface area (Å²) in [6.07, 6.45) is 4.01. The predicted octanol–water partition coefficient (Wildman–Crippen LogP) is 4.04. The van der Waals surface area contributed by atoms with Crippen LogP contribution in [0, 0.1) is 5.92 Å². The summed E-state index contributed by atoms with van der Waals surface area (Å²) in [5.74, 6) is 3.37. The predicted molar refractivity (Wildman–Crippen MR) is 127 cm³/mol. The summed E-state index contributed by atoms with van der Waals surface area (Å²) >= 11 is 2.54. The number of halogens is 1. The zero-order valence-corrected chi connectivity index (χ0v) is 18.9. The number of nitrogens with zero attached hydrogens (tertiary/aromatic N) is 3. The Bertz CT molecular complexity index is 1000. The number of nitrogens with one attached hydrogen (secondary N) is 1. The van der Waals surface area contributed by atoms with Crippen molar-refractivity contribution in [3.8, 4) is 11.5 Å². The van der Waals surface area contributed by atoms with Crippen LogP contribution in [0.5, 0.6) is 11.5 Å². The second-order valence-electron chi connectivity index (χ2n) is 7.85. The largest absolute Gasteiger partial charge is 0.486 e. The van der Waals surface area contributed by atoms with E-state index in [0.29, 0.717) is 16.6 Å². The molecule has 1 saturated heterocycles. The van der Waals surface area contributed by atoms with Gasteiger partial charge in [-0.1, -0.05) is 46.9 Å². The Kier molecular flexibility index (Phi) is 5.90. The van der Waals surface area contributed by atoms with E-state index < -0.39 is 0 Å². The molecule has 2 aliphatic heterocycles. The van der Waals surface area contributed by atoms with E-state index in [1.165, 1.54) is 0 Å². The van der Waals surface area contributed by atoms with E-state index >= 15 is 0 Å². The van der Waals surface area contributed by atoms with Crippen LogP contribution in [0.2, 0.25) is 0 Å². The van der Waals surface area contributed by atoms with Gasteiger partial charge in [-0.25, -0.2) is 9.97 Å². The molecule has 1 aromatic heterocycles. The first kappa shape index (κ1) is 19.8. The third kappa shape index (κ3) is 4.18. The maximum Gasteiger partial charge on any atom is 0.161 e. The molecule has 156 valence electrons. The first-order valence-electron chi connectivity index (χ1n) is 10.5. The minimum Gasteiger partial charge on any atom is -0.486 e. The average molecular weight is 516 g/mol. The van der Waals surface area contributed by atoms with E-state index in [2.05, 4.69) is 54.9 Å². The number of hydrogen-bond acceptors (Lipinski definition) is 6. The van der Waals surface area contributed by atoms with E-state index in [-0.39, 0.29) is 6.10 Å². The van der Waals surface area contributed by atoms with Gasteiger partial charge in [0.15, 0.2) is 11.5 Å². The lowest BCUT2D eigenvalue weighted by Gasteiger charge is -2.36. The highest BCUT2D eigenvalue weighted by Crippen LogP contribution is 2.32.